The maximum absolute atomic E-state index is 14.4. The minimum atomic E-state index is -5.39. The van der Waals surface area contributed by atoms with Crippen LogP contribution in [0.5, 0.6) is 0 Å². The van der Waals surface area contributed by atoms with Crippen LogP contribution in [-0.4, -0.2) is 49.7 Å². The van der Waals surface area contributed by atoms with Crippen LogP contribution in [0.1, 0.15) is 36.7 Å². The number of hydrogen-bond donors (Lipinski definition) is 2. The molecule has 2 rings (SSSR count). The van der Waals surface area contributed by atoms with E-state index in [9.17, 15) is 27.6 Å². The average Bonchev–Trinajstić information content (AvgIpc) is 3.09. The van der Waals surface area contributed by atoms with E-state index >= 15 is 0 Å². The highest BCUT2D eigenvalue weighted by molar-refractivity contribution is 7.20. The second-order valence-corrected chi connectivity index (χ2v) is 7.81. The maximum Gasteiger partial charge on any atom is 0.442 e. The molecule has 0 aliphatic rings. The smallest absolute Gasteiger partial charge is 0.442 e. The fourth-order valence-electron chi connectivity index (χ4n) is 3.04. The molecule has 186 valence electrons. The fourth-order valence-corrected chi connectivity index (χ4v) is 4.29. The molecule has 1 amide bonds. The summed E-state index contributed by atoms with van der Waals surface area (Å²) in [5.74, 6) is -2.71. The van der Waals surface area contributed by atoms with Crippen molar-refractivity contribution in [3.8, 4) is 10.4 Å². The van der Waals surface area contributed by atoms with E-state index in [1.165, 1.54) is 13.8 Å². The quantitative estimate of drug-likeness (QED) is 0.286. The molecule has 0 saturated carbocycles. The molecule has 0 bridgehead atoms. The van der Waals surface area contributed by atoms with Gasteiger partial charge in [0, 0.05) is 4.88 Å². The van der Waals surface area contributed by atoms with Gasteiger partial charge in [-0.1, -0.05) is 30.3 Å². The highest BCUT2D eigenvalue weighted by Crippen LogP contribution is 2.43. The number of halogens is 3. The SMILES string of the molecule is CCOC(=O)N[C@](Nc1sc(-c2ccccc2)c(C)c1C(=O)OCC)(C(=O)OCC)C(F)(F)F. The topological polar surface area (TPSA) is 103 Å². The number of amides is 1. The third-order valence-corrected chi connectivity index (χ3v) is 5.79. The number of anilines is 1. The van der Waals surface area contributed by atoms with Gasteiger partial charge < -0.3 is 19.5 Å². The number of alkyl halides is 3. The Morgan fingerprint density at radius 1 is 0.941 bits per heavy atom. The third kappa shape index (κ3) is 5.61. The van der Waals surface area contributed by atoms with E-state index in [-0.39, 0.29) is 23.8 Å². The molecule has 2 N–H and O–H groups in total. The number of benzene rings is 1. The molecule has 1 atom stereocenters. The molecule has 8 nitrogen and oxygen atoms in total. The Bertz CT molecular complexity index is 1030. The van der Waals surface area contributed by atoms with Gasteiger partial charge >= 0.3 is 29.9 Å². The summed E-state index contributed by atoms with van der Waals surface area (Å²) < 4.78 is 57.5. The highest BCUT2D eigenvalue weighted by atomic mass is 32.1. The van der Waals surface area contributed by atoms with Crippen molar-refractivity contribution in [1.82, 2.24) is 5.32 Å². The van der Waals surface area contributed by atoms with E-state index in [2.05, 4.69) is 14.8 Å². The summed E-state index contributed by atoms with van der Waals surface area (Å²) in [4.78, 5) is 37.9. The third-order valence-electron chi connectivity index (χ3n) is 4.54. The van der Waals surface area contributed by atoms with Gasteiger partial charge in [-0.2, -0.15) is 13.2 Å². The first-order valence-electron chi connectivity index (χ1n) is 10.3. The van der Waals surface area contributed by atoms with Crippen LogP contribution in [-0.2, 0) is 19.0 Å². The number of carbonyl (C=O) groups is 3. The highest BCUT2D eigenvalue weighted by Gasteiger charge is 2.64. The predicted octanol–water partition coefficient (Wildman–Crippen LogP) is 4.88. The molecule has 0 fully saturated rings. The van der Waals surface area contributed by atoms with Crippen LogP contribution < -0.4 is 10.6 Å². The molecule has 1 heterocycles. The number of alkyl carbamates (subject to hydrolysis) is 1. The van der Waals surface area contributed by atoms with Crippen LogP contribution >= 0.6 is 11.3 Å². The molecule has 12 heteroatoms. The lowest BCUT2D eigenvalue weighted by Crippen LogP contribution is -2.69. The lowest BCUT2D eigenvalue weighted by atomic mass is 10.1. The Balaban J connectivity index is 2.74. The van der Waals surface area contributed by atoms with Crippen molar-refractivity contribution in [2.45, 2.75) is 39.5 Å². The fraction of sp³-hybridized carbons (Fsp3) is 0.409. The van der Waals surface area contributed by atoms with Gasteiger partial charge in [0.25, 0.3) is 0 Å². The van der Waals surface area contributed by atoms with Crippen molar-refractivity contribution in [3.63, 3.8) is 0 Å². The van der Waals surface area contributed by atoms with E-state index in [0.29, 0.717) is 16.0 Å². The second-order valence-electron chi connectivity index (χ2n) is 6.79. The van der Waals surface area contributed by atoms with Crippen LogP contribution in [0.2, 0.25) is 0 Å². The lowest BCUT2D eigenvalue weighted by molar-refractivity contribution is -0.205. The maximum atomic E-state index is 14.4. The zero-order valence-corrected chi connectivity index (χ0v) is 19.8. The van der Waals surface area contributed by atoms with Gasteiger partial charge in [-0.15, -0.1) is 11.3 Å². The molecule has 1 aromatic heterocycles. The monoisotopic (exact) mass is 502 g/mol. The van der Waals surface area contributed by atoms with Crippen LogP contribution in [0.15, 0.2) is 30.3 Å². The number of nitrogens with one attached hydrogen (secondary N) is 2. The Morgan fingerprint density at radius 3 is 2.06 bits per heavy atom. The molecular formula is C22H25F3N2O6S. The number of carbonyl (C=O) groups excluding carboxylic acids is 3. The van der Waals surface area contributed by atoms with Crippen LogP contribution in [0.3, 0.4) is 0 Å². The molecule has 0 aliphatic carbocycles. The first-order chi connectivity index (χ1) is 16.0. The molecule has 0 unspecified atom stereocenters. The molecule has 0 spiro atoms. The van der Waals surface area contributed by atoms with Gasteiger partial charge in [0.15, 0.2) is 0 Å². The summed E-state index contributed by atoms with van der Waals surface area (Å²) in [5, 5.41) is 3.27. The lowest BCUT2D eigenvalue weighted by Gasteiger charge is -2.34. The standard InChI is InChI=1S/C22H25F3N2O6S/c1-5-31-18(28)15-13(4)16(14-11-9-8-10-12-14)34-17(15)26-21(22(23,24)25,19(29)32-6-2)27-20(30)33-7-3/h8-12,26H,5-7H2,1-4H3,(H,27,30)/t21-/m1/s1. The molecule has 0 saturated heterocycles. The van der Waals surface area contributed by atoms with E-state index in [0.717, 1.165) is 11.3 Å². The van der Waals surface area contributed by atoms with E-state index in [1.807, 2.05) is 0 Å². The van der Waals surface area contributed by atoms with Crippen molar-refractivity contribution in [1.29, 1.82) is 0 Å². The second kappa shape index (κ2) is 11.2. The van der Waals surface area contributed by atoms with Crippen LogP contribution in [0.25, 0.3) is 10.4 Å². The number of thiophene rings is 1. The summed E-state index contributed by atoms with van der Waals surface area (Å²) >= 11 is 0.800. The Labute approximate surface area is 198 Å². The Hall–Kier alpha value is -3.28. The zero-order valence-electron chi connectivity index (χ0n) is 19.0. The molecule has 34 heavy (non-hydrogen) atoms. The van der Waals surface area contributed by atoms with Gasteiger partial charge in [0.2, 0.25) is 0 Å². The summed E-state index contributed by atoms with van der Waals surface area (Å²) in [6.45, 7) is 5.13. The first-order valence-corrected chi connectivity index (χ1v) is 11.2. The summed E-state index contributed by atoms with van der Waals surface area (Å²) in [5.41, 5.74) is -2.96. The van der Waals surface area contributed by atoms with Crippen molar-refractivity contribution < 1.29 is 41.8 Å². The Kier molecular flexibility index (Phi) is 8.91. The van der Waals surface area contributed by atoms with Crippen molar-refractivity contribution >= 4 is 34.4 Å². The molecule has 1 aromatic carbocycles. The summed E-state index contributed by atoms with van der Waals surface area (Å²) in [6.07, 6.45) is -6.89. The van der Waals surface area contributed by atoms with Gasteiger partial charge in [0.05, 0.1) is 25.4 Å². The minimum Gasteiger partial charge on any atom is -0.463 e. The van der Waals surface area contributed by atoms with Gasteiger partial charge in [0.1, 0.15) is 5.00 Å². The zero-order chi connectivity index (χ0) is 25.5. The summed E-state index contributed by atoms with van der Waals surface area (Å²) in [6, 6.07) is 8.66. The number of esters is 2. The average molecular weight is 503 g/mol. The van der Waals surface area contributed by atoms with Gasteiger partial charge in [-0.05, 0) is 38.8 Å². The molecule has 0 radical (unpaired) electrons. The first kappa shape index (κ1) is 27.0. The number of hydrogen-bond acceptors (Lipinski definition) is 8. The molecule has 2 aromatic rings. The number of rotatable bonds is 9. The van der Waals surface area contributed by atoms with E-state index in [1.54, 1.807) is 49.5 Å². The summed E-state index contributed by atoms with van der Waals surface area (Å²) in [7, 11) is 0. The van der Waals surface area contributed by atoms with E-state index < -0.39 is 36.5 Å². The van der Waals surface area contributed by atoms with Crippen LogP contribution in [0.4, 0.5) is 23.0 Å². The van der Waals surface area contributed by atoms with Crippen molar-refractivity contribution in [2.24, 2.45) is 0 Å². The van der Waals surface area contributed by atoms with Crippen molar-refractivity contribution in [2.75, 3.05) is 25.1 Å². The predicted molar refractivity (Wildman–Crippen MR) is 120 cm³/mol. The minimum absolute atomic E-state index is 0.0302. The largest absolute Gasteiger partial charge is 0.463 e. The number of ether oxygens (including phenoxy) is 3. The van der Waals surface area contributed by atoms with Crippen LogP contribution in [0, 0.1) is 6.92 Å². The normalized spacial score (nSPS) is 12.9. The molecule has 0 aliphatic heterocycles. The molecular weight excluding hydrogens is 477 g/mol. The Morgan fingerprint density at radius 2 is 1.53 bits per heavy atom. The van der Waals surface area contributed by atoms with Gasteiger partial charge in [-0.3, -0.25) is 5.32 Å². The van der Waals surface area contributed by atoms with Gasteiger partial charge in [-0.25, -0.2) is 14.4 Å². The van der Waals surface area contributed by atoms with E-state index in [4.69, 9.17) is 4.74 Å². The van der Waals surface area contributed by atoms with Crippen molar-refractivity contribution in [3.05, 3.63) is 41.5 Å².